The quantitative estimate of drug-likeness (QED) is 0.637. The zero-order valence-corrected chi connectivity index (χ0v) is 11.6. The third-order valence-electron chi connectivity index (χ3n) is 2.40. The Hall–Kier alpha value is -0.900. The Morgan fingerprint density at radius 1 is 1.11 bits per heavy atom. The number of nitrogen functional groups attached to an aromatic ring is 1. The molecule has 2 N–H and O–H groups in total. The highest BCUT2D eigenvalue weighted by Gasteiger charge is 2.07. The molecule has 0 heterocycles. The van der Waals surface area contributed by atoms with Gasteiger partial charge in [0.15, 0.2) is 0 Å². The predicted octanol–water partition coefficient (Wildman–Crippen LogP) is 5.01. The van der Waals surface area contributed by atoms with Gasteiger partial charge in [0.1, 0.15) is 5.82 Å². The topological polar surface area (TPSA) is 26.0 Å². The summed E-state index contributed by atoms with van der Waals surface area (Å²) in [6.45, 7) is 0. The van der Waals surface area contributed by atoms with Gasteiger partial charge in [-0.1, -0.05) is 35.3 Å². The van der Waals surface area contributed by atoms with Crippen molar-refractivity contribution >= 4 is 40.7 Å². The lowest BCUT2D eigenvalue weighted by Crippen LogP contribution is -1.89. The second-order valence-electron chi connectivity index (χ2n) is 3.68. The van der Waals surface area contributed by atoms with Crippen LogP contribution in [0.5, 0.6) is 0 Å². The van der Waals surface area contributed by atoms with E-state index in [1.54, 1.807) is 24.3 Å². The number of benzene rings is 2. The van der Waals surface area contributed by atoms with Gasteiger partial charge in [0.2, 0.25) is 0 Å². The molecule has 0 fully saturated rings. The zero-order valence-electron chi connectivity index (χ0n) is 9.29. The molecule has 2 aromatic rings. The van der Waals surface area contributed by atoms with Crippen LogP contribution in [0.15, 0.2) is 41.3 Å². The fourth-order valence-electron chi connectivity index (χ4n) is 1.42. The first-order valence-corrected chi connectivity index (χ1v) is 6.93. The van der Waals surface area contributed by atoms with Crippen molar-refractivity contribution in [1.82, 2.24) is 0 Å². The molecular weight excluding hydrogens is 292 g/mol. The first-order valence-electron chi connectivity index (χ1n) is 5.18. The van der Waals surface area contributed by atoms with E-state index in [0.29, 0.717) is 22.0 Å². The standard InChI is InChI=1S/C13H10Cl2FNS/c14-10-3-1-2-8(13(10)16)7-18-9-4-5-12(17)11(15)6-9/h1-6H,7,17H2. The van der Waals surface area contributed by atoms with E-state index in [-0.39, 0.29) is 10.8 Å². The van der Waals surface area contributed by atoms with Crippen molar-refractivity contribution in [2.75, 3.05) is 5.73 Å². The number of hydrogen-bond acceptors (Lipinski definition) is 2. The van der Waals surface area contributed by atoms with E-state index >= 15 is 0 Å². The molecule has 0 bridgehead atoms. The van der Waals surface area contributed by atoms with Crippen molar-refractivity contribution in [2.24, 2.45) is 0 Å². The van der Waals surface area contributed by atoms with Crippen LogP contribution in [0.2, 0.25) is 10.0 Å². The van der Waals surface area contributed by atoms with Gasteiger partial charge < -0.3 is 5.73 Å². The van der Waals surface area contributed by atoms with Gasteiger partial charge >= 0.3 is 0 Å². The molecule has 2 aromatic carbocycles. The van der Waals surface area contributed by atoms with Crippen LogP contribution in [0.1, 0.15) is 5.56 Å². The van der Waals surface area contributed by atoms with Crippen molar-refractivity contribution in [3.05, 3.63) is 57.8 Å². The van der Waals surface area contributed by atoms with Gasteiger partial charge in [-0.15, -0.1) is 11.8 Å². The average Bonchev–Trinajstić information content (AvgIpc) is 2.35. The Labute approximate surface area is 119 Å². The Balaban J connectivity index is 2.11. The predicted molar refractivity (Wildman–Crippen MR) is 76.8 cm³/mol. The molecule has 0 saturated heterocycles. The van der Waals surface area contributed by atoms with Gasteiger partial charge in [0.05, 0.1) is 15.7 Å². The highest BCUT2D eigenvalue weighted by atomic mass is 35.5. The van der Waals surface area contributed by atoms with E-state index in [9.17, 15) is 4.39 Å². The first-order chi connectivity index (χ1) is 8.58. The number of halogens is 3. The van der Waals surface area contributed by atoms with E-state index in [1.165, 1.54) is 17.8 Å². The molecule has 0 spiro atoms. The molecule has 94 valence electrons. The third-order valence-corrected chi connectivity index (χ3v) is 4.06. The van der Waals surface area contributed by atoms with Crippen LogP contribution in [-0.4, -0.2) is 0 Å². The fourth-order valence-corrected chi connectivity index (χ4v) is 2.77. The zero-order chi connectivity index (χ0) is 13.1. The molecule has 18 heavy (non-hydrogen) atoms. The summed E-state index contributed by atoms with van der Waals surface area (Å²) in [5, 5.41) is 0.648. The minimum atomic E-state index is -0.367. The van der Waals surface area contributed by atoms with Gasteiger partial charge in [0.25, 0.3) is 0 Å². The number of anilines is 1. The summed E-state index contributed by atoms with van der Waals surface area (Å²) in [4.78, 5) is 0.938. The van der Waals surface area contributed by atoms with Gasteiger partial charge in [-0.3, -0.25) is 0 Å². The normalized spacial score (nSPS) is 10.6. The van der Waals surface area contributed by atoms with E-state index in [1.807, 2.05) is 6.07 Å². The van der Waals surface area contributed by atoms with Crippen LogP contribution < -0.4 is 5.73 Å². The lowest BCUT2D eigenvalue weighted by molar-refractivity contribution is 0.618. The van der Waals surface area contributed by atoms with Crippen molar-refractivity contribution in [3.8, 4) is 0 Å². The molecular formula is C13H10Cl2FNS. The summed E-state index contributed by atoms with van der Waals surface area (Å²) in [6.07, 6.45) is 0. The van der Waals surface area contributed by atoms with Gasteiger partial charge in [-0.05, 0) is 29.8 Å². The average molecular weight is 302 g/mol. The monoisotopic (exact) mass is 301 g/mol. The molecule has 0 aliphatic rings. The Kier molecular flexibility index (Phi) is 4.38. The van der Waals surface area contributed by atoms with Crippen molar-refractivity contribution < 1.29 is 4.39 Å². The molecule has 0 amide bonds. The summed E-state index contributed by atoms with van der Waals surface area (Å²) in [6, 6.07) is 10.3. The van der Waals surface area contributed by atoms with E-state index < -0.39 is 0 Å². The lowest BCUT2D eigenvalue weighted by Gasteiger charge is -2.06. The SMILES string of the molecule is Nc1ccc(SCc2cccc(Cl)c2F)cc1Cl. The molecule has 0 aromatic heterocycles. The highest BCUT2D eigenvalue weighted by Crippen LogP contribution is 2.30. The Bertz CT molecular complexity index is 575. The fraction of sp³-hybridized carbons (Fsp3) is 0.0769. The minimum absolute atomic E-state index is 0.142. The Morgan fingerprint density at radius 2 is 1.89 bits per heavy atom. The summed E-state index contributed by atoms with van der Waals surface area (Å²) in [7, 11) is 0. The molecule has 0 aliphatic carbocycles. The number of hydrogen-bond donors (Lipinski definition) is 1. The van der Waals surface area contributed by atoms with Crippen molar-refractivity contribution in [2.45, 2.75) is 10.6 Å². The second kappa shape index (κ2) is 5.83. The number of thioether (sulfide) groups is 1. The largest absolute Gasteiger partial charge is 0.398 e. The minimum Gasteiger partial charge on any atom is -0.398 e. The van der Waals surface area contributed by atoms with Crippen LogP contribution in [-0.2, 0) is 5.75 Å². The number of rotatable bonds is 3. The van der Waals surface area contributed by atoms with Crippen LogP contribution in [0.25, 0.3) is 0 Å². The van der Waals surface area contributed by atoms with E-state index in [2.05, 4.69) is 0 Å². The smallest absolute Gasteiger partial charge is 0.145 e. The van der Waals surface area contributed by atoms with Crippen molar-refractivity contribution in [1.29, 1.82) is 0 Å². The summed E-state index contributed by atoms with van der Waals surface area (Å²) >= 11 is 13.1. The summed E-state index contributed by atoms with van der Waals surface area (Å²) in [5.41, 5.74) is 6.73. The number of nitrogens with two attached hydrogens (primary N) is 1. The van der Waals surface area contributed by atoms with Crippen molar-refractivity contribution in [3.63, 3.8) is 0 Å². The maximum absolute atomic E-state index is 13.7. The van der Waals surface area contributed by atoms with Crippen LogP contribution in [0.3, 0.4) is 0 Å². The van der Waals surface area contributed by atoms with Crippen LogP contribution in [0.4, 0.5) is 10.1 Å². The van der Waals surface area contributed by atoms with Gasteiger partial charge in [-0.25, -0.2) is 4.39 Å². The molecule has 5 heteroatoms. The summed E-state index contributed by atoms with van der Waals surface area (Å²) in [5.74, 6) is 0.125. The summed E-state index contributed by atoms with van der Waals surface area (Å²) < 4.78 is 13.7. The van der Waals surface area contributed by atoms with Gasteiger partial charge in [0, 0.05) is 10.6 Å². The Morgan fingerprint density at radius 3 is 2.61 bits per heavy atom. The highest BCUT2D eigenvalue weighted by molar-refractivity contribution is 7.98. The molecule has 0 radical (unpaired) electrons. The van der Waals surface area contributed by atoms with Gasteiger partial charge in [-0.2, -0.15) is 0 Å². The molecule has 0 aliphatic heterocycles. The molecule has 0 unspecified atom stereocenters. The lowest BCUT2D eigenvalue weighted by atomic mass is 10.2. The molecule has 1 nitrogen and oxygen atoms in total. The van der Waals surface area contributed by atoms with Crippen LogP contribution >= 0.6 is 35.0 Å². The maximum Gasteiger partial charge on any atom is 0.145 e. The second-order valence-corrected chi connectivity index (χ2v) is 5.55. The molecule has 0 saturated carbocycles. The third kappa shape index (κ3) is 3.10. The van der Waals surface area contributed by atoms with Crippen LogP contribution in [0, 0.1) is 5.82 Å². The van der Waals surface area contributed by atoms with E-state index in [4.69, 9.17) is 28.9 Å². The molecule has 0 atom stereocenters. The first kappa shape index (κ1) is 13.5. The molecule has 2 rings (SSSR count). The maximum atomic E-state index is 13.7. The van der Waals surface area contributed by atoms with E-state index in [0.717, 1.165) is 4.90 Å².